The molecule has 118 valence electrons. The summed E-state index contributed by atoms with van der Waals surface area (Å²) in [5.41, 5.74) is 1.39. The van der Waals surface area contributed by atoms with Gasteiger partial charge in [0.2, 0.25) is 0 Å². The highest BCUT2D eigenvalue weighted by Crippen LogP contribution is 2.28. The second-order valence-corrected chi connectivity index (χ2v) is 5.37. The Morgan fingerprint density at radius 3 is 2.52 bits per heavy atom. The maximum Gasteiger partial charge on any atom is 0.196 e. The molecule has 1 atom stereocenters. The zero-order valence-electron chi connectivity index (χ0n) is 13.4. The quantitative estimate of drug-likeness (QED) is 0.441. The van der Waals surface area contributed by atoms with Crippen LogP contribution in [0.4, 0.5) is 0 Å². The molecule has 21 heavy (non-hydrogen) atoms. The Morgan fingerprint density at radius 2 is 2.00 bits per heavy atom. The number of nitrogens with zero attached hydrogens (tertiary/aromatic N) is 3. The van der Waals surface area contributed by atoms with Gasteiger partial charge in [0, 0.05) is 39.6 Å². The van der Waals surface area contributed by atoms with Crippen molar-refractivity contribution in [2.24, 2.45) is 4.99 Å². The molecular formula is C16H26IN3O. The minimum atomic E-state index is 0. The SMILES string of the molecule is CCN=C(N(C)C)N1CCC(c2ccc(OC)cc2)C1.I. The van der Waals surface area contributed by atoms with Crippen LogP contribution in [-0.4, -0.2) is 56.6 Å². The normalized spacial score (nSPS) is 18.4. The molecule has 1 aromatic rings. The van der Waals surface area contributed by atoms with E-state index in [1.54, 1.807) is 7.11 Å². The summed E-state index contributed by atoms with van der Waals surface area (Å²) in [7, 11) is 5.83. The molecule has 0 amide bonds. The van der Waals surface area contributed by atoms with Crippen LogP contribution in [0.15, 0.2) is 29.3 Å². The van der Waals surface area contributed by atoms with Crippen LogP contribution in [0.1, 0.15) is 24.8 Å². The lowest BCUT2D eigenvalue weighted by molar-refractivity contribution is 0.414. The van der Waals surface area contributed by atoms with E-state index in [1.165, 1.54) is 12.0 Å². The molecule has 4 nitrogen and oxygen atoms in total. The van der Waals surface area contributed by atoms with Crippen molar-refractivity contribution < 1.29 is 4.74 Å². The molecular weight excluding hydrogens is 377 g/mol. The van der Waals surface area contributed by atoms with Gasteiger partial charge in [0.25, 0.3) is 0 Å². The second-order valence-electron chi connectivity index (χ2n) is 5.37. The predicted molar refractivity (Wildman–Crippen MR) is 99.0 cm³/mol. The highest BCUT2D eigenvalue weighted by Gasteiger charge is 2.26. The Balaban J connectivity index is 0.00000220. The molecule has 1 unspecified atom stereocenters. The fraction of sp³-hybridized carbons (Fsp3) is 0.562. The molecule has 0 saturated carbocycles. The summed E-state index contributed by atoms with van der Waals surface area (Å²) < 4.78 is 5.22. The van der Waals surface area contributed by atoms with Crippen molar-refractivity contribution in [3.63, 3.8) is 0 Å². The molecule has 0 spiro atoms. The van der Waals surface area contributed by atoms with Crippen molar-refractivity contribution in [2.45, 2.75) is 19.3 Å². The molecule has 1 saturated heterocycles. The molecule has 0 N–H and O–H groups in total. The topological polar surface area (TPSA) is 28.1 Å². The van der Waals surface area contributed by atoms with E-state index in [0.717, 1.165) is 31.3 Å². The average Bonchev–Trinajstić information content (AvgIpc) is 2.94. The second kappa shape index (κ2) is 8.46. The summed E-state index contributed by atoms with van der Waals surface area (Å²) in [6, 6.07) is 8.45. The summed E-state index contributed by atoms with van der Waals surface area (Å²) >= 11 is 0. The molecule has 1 aromatic carbocycles. The Hall–Kier alpha value is -0.980. The molecule has 1 fully saturated rings. The van der Waals surface area contributed by atoms with Gasteiger partial charge in [-0.25, -0.2) is 0 Å². The van der Waals surface area contributed by atoms with Gasteiger partial charge in [-0.2, -0.15) is 0 Å². The van der Waals surface area contributed by atoms with Crippen molar-refractivity contribution in [2.75, 3.05) is 40.8 Å². The zero-order valence-corrected chi connectivity index (χ0v) is 15.7. The highest BCUT2D eigenvalue weighted by atomic mass is 127. The summed E-state index contributed by atoms with van der Waals surface area (Å²) in [6.45, 7) is 5.04. The number of hydrogen-bond donors (Lipinski definition) is 0. The van der Waals surface area contributed by atoms with E-state index in [4.69, 9.17) is 4.74 Å². The van der Waals surface area contributed by atoms with E-state index in [9.17, 15) is 0 Å². The Bertz CT molecular complexity index is 459. The summed E-state index contributed by atoms with van der Waals surface area (Å²) in [6.07, 6.45) is 1.18. The van der Waals surface area contributed by atoms with E-state index >= 15 is 0 Å². The zero-order chi connectivity index (χ0) is 14.5. The Labute approximate surface area is 145 Å². The standard InChI is InChI=1S/C16H25N3O.HI/c1-5-17-16(18(2)3)19-11-10-14(12-19)13-6-8-15(20-4)9-7-13;/h6-9,14H,5,10-12H2,1-4H3;1H. The fourth-order valence-electron chi connectivity index (χ4n) is 2.76. The number of halogens is 1. The van der Waals surface area contributed by atoms with Crippen LogP contribution in [0, 0.1) is 0 Å². The third kappa shape index (κ3) is 4.49. The Morgan fingerprint density at radius 1 is 1.33 bits per heavy atom. The van der Waals surface area contributed by atoms with Crippen LogP contribution < -0.4 is 4.74 Å². The van der Waals surface area contributed by atoms with Gasteiger partial charge in [-0.3, -0.25) is 4.99 Å². The summed E-state index contributed by atoms with van der Waals surface area (Å²) in [4.78, 5) is 9.11. The van der Waals surface area contributed by atoms with Gasteiger partial charge in [-0.1, -0.05) is 12.1 Å². The third-order valence-electron chi connectivity index (χ3n) is 3.76. The maximum absolute atomic E-state index is 5.22. The van der Waals surface area contributed by atoms with Crippen molar-refractivity contribution in [3.05, 3.63) is 29.8 Å². The lowest BCUT2D eigenvalue weighted by Crippen LogP contribution is -2.39. The van der Waals surface area contributed by atoms with Crippen LogP contribution in [-0.2, 0) is 0 Å². The van der Waals surface area contributed by atoms with Crippen LogP contribution in [0.25, 0.3) is 0 Å². The number of ether oxygens (including phenoxy) is 1. The van der Waals surface area contributed by atoms with Gasteiger partial charge in [0.15, 0.2) is 5.96 Å². The van der Waals surface area contributed by atoms with E-state index < -0.39 is 0 Å². The van der Waals surface area contributed by atoms with Gasteiger partial charge in [0.05, 0.1) is 7.11 Å². The number of aliphatic imine (C=N–C) groups is 1. The van der Waals surface area contributed by atoms with Gasteiger partial charge < -0.3 is 14.5 Å². The molecule has 1 aliphatic heterocycles. The summed E-state index contributed by atoms with van der Waals surface area (Å²) in [5, 5.41) is 0. The first-order valence-electron chi connectivity index (χ1n) is 7.26. The average molecular weight is 403 g/mol. The van der Waals surface area contributed by atoms with Crippen LogP contribution in [0.2, 0.25) is 0 Å². The Kier molecular flexibility index (Phi) is 7.28. The first-order chi connectivity index (χ1) is 9.65. The number of rotatable bonds is 3. The van der Waals surface area contributed by atoms with E-state index in [0.29, 0.717) is 5.92 Å². The molecule has 1 aliphatic rings. The van der Waals surface area contributed by atoms with Gasteiger partial charge >= 0.3 is 0 Å². The van der Waals surface area contributed by atoms with Crippen LogP contribution >= 0.6 is 24.0 Å². The van der Waals surface area contributed by atoms with Crippen LogP contribution in [0.5, 0.6) is 5.75 Å². The molecule has 5 heteroatoms. The van der Waals surface area contributed by atoms with E-state index in [-0.39, 0.29) is 24.0 Å². The third-order valence-corrected chi connectivity index (χ3v) is 3.76. The maximum atomic E-state index is 5.22. The smallest absolute Gasteiger partial charge is 0.196 e. The molecule has 0 radical (unpaired) electrons. The summed E-state index contributed by atoms with van der Waals surface area (Å²) in [5.74, 6) is 2.61. The van der Waals surface area contributed by atoms with Gasteiger partial charge in [-0.05, 0) is 31.0 Å². The van der Waals surface area contributed by atoms with Crippen LogP contribution in [0.3, 0.4) is 0 Å². The minimum absolute atomic E-state index is 0. The lowest BCUT2D eigenvalue weighted by Gasteiger charge is -2.26. The van der Waals surface area contributed by atoms with Gasteiger partial charge in [-0.15, -0.1) is 24.0 Å². The first kappa shape index (κ1) is 18.1. The number of guanidine groups is 1. The lowest BCUT2D eigenvalue weighted by atomic mass is 9.98. The van der Waals surface area contributed by atoms with Crippen molar-refractivity contribution in [1.29, 1.82) is 0 Å². The number of hydrogen-bond acceptors (Lipinski definition) is 2. The highest BCUT2D eigenvalue weighted by molar-refractivity contribution is 14.0. The van der Waals surface area contributed by atoms with Crippen molar-refractivity contribution in [3.8, 4) is 5.75 Å². The monoisotopic (exact) mass is 403 g/mol. The number of benzene rings is 1. The molecule has 0 aromatic heterocycles. The predicted octanol–water partition coefficient (Wildman–Crippen LogP) is 3.04. The number of likely N-dealkylation sites (tertiary alicyclic amines) is 1. The van der Waals surface area contributed by atoms with Crippen molar-refractivity contribution >= 4 is 29.9 Å². The molecule has 1 heterocycles. The van der Waals surface area contributed by atoms with E-state index in [1.807, 2.05) is 12.1 Å². The van der Waals surface area contributed by atoms with E-state index in [2.05, 4.69) is 47.9 Å². The molecule has 0 bridgehead atoms. The first-order valence-corrected chi connectivity index (χ1v) is 7.26. The molecule has 0 aliphatic carbocycles. The fourth-order valence-corrected chi connectivity index (χ4v) is 2.76. The van der Waals surface area contributed by atoms with Gasteiger partial charge in [0.1, 0.15) is 5.75 Å². The number of methoxy groups -OCH3 is 1. The minimum Gasteiger partial charge on any atom is -0.497 e. The largest absolute Gasteiger partial charge is 0.497 e. The van der Waals surface area contributed by atoms with Crippen molar-refractivity contribution in [1.82, 2.24) is 9.80 Å². The molecule has 2 rings (SSSR count).